The number of pyridine rings is 1. The molecule has 33 heavy (non-hydrogen) atoms. The first-order valence-electron chi connectivity index (χ1n) is 11.3. The van der Waals surface area contributed by atoms with Gasteiger partial charge in [-0.05, 0) is 60.0 Å². The standard InChI is InChI=1S/C27H28F3N3/c1-2-15-33(19-20-8-9-21-6-3-4-7-22(21)17-20)16-5-13-31-25-12-14-32-26-18-23(27(28,29)30)10-11-24(25)26/h3-4,6-12,14,17-18H,2,5,13,15-16,19H2,1H3,(H,31,32). The number of aromatic nitrogens is 1. The molecule has 4 rings (SSSR count). The minimum atomic E-state index is -4.37. The highest BCUT2D eigenvalue weighted by atomic mass is 19.4. The maximum absolute atomic E-state index is 13.0. The molecule has 0 saturated carbocycles. The van der Waals surface area contributed by atoms with Crippen LogP contribution >= 0.6 is 0 Å². The smallest absolute Gasteiger partial charge is 0.384 e. The molecule has 4 aromatic rings. The Morgan fingerprint density at radius 2 is 1.73 bits per heavy atom. The molecule has 1 N–H and O–H groups in total. The van der Waals surface area contributed by atoms with Crippen molar-refractivity contribution in [2.75, 3.05) is 25.0 Å². The highest BCUT2D eigenvalue weighted by Gasteiger charge is 2.30. The van der Waals surface area contributed by atoms with Crippen LogP contribution < -0.4 is 5.32 Å². The van der Waals surface area contributed by atoms with E-state index in [1.807, 2.05) is 6.07 Å². The molecule has 172 valence electrons. The van der Waals surface area contributed by atoms with E-state index in [-0.39, 0.29) is 0 Å². The Balaban J connectivity index is 1.36. The first-order chi connectivity index (χ1) is 15.9. The monoisotopic (exact) mass is 451 g/mol. The van der Waals surface area contributed by atoms with Gasteiger partial charge in [0, 0.05) is 36.9 Å². The third-order valence-corrected chi connectivity index (χ3v) is 5.80. The van der Waals surface area contributed by atoms with Crippen molar-refractivity contribution >= 4 is 27.4 Å². The SMILES string of the molecule is CCCN(CCCNc1ccnc2cc(C(F)(F)F)ccc12)Cc1ccc2ccccc2c1. The number of anilines is 1. The van der Waals surface area contributed by atoms with E-state index in [0.717, 1.165) is 56.8 Å². The van der Waals surface area contributed by atoms with Crippen molar-refractivity contribution in [2.24, 2.45) is 0 Å². The zero-order valence-corrected chi connectivity index (χ0v) is 18.7. The quantitative estimate of drug-likeness (QED) is 0.275. The lowest BCUT2D eigenvalue weighted by atomic mass is 10.1. The molecule has 3 nitrogen and oxygen atoms in total. The Morgan fingerprint density at radius 1 is 0.909 bits per heavy atom. The van der Waals surface area contributed by atoms with Crippen LogP contribution in [-0.4, -0.2) is 29.5 Å². The first-order valence-corrected chi connectivity index (χ1v) is 11.3. The number of fused-ring (bicyclic) bond motifs is 2. The van der Waals surface area contributed by atoms with Crippen LogP contribution in [0, 0.1) is 0 Å². The molecule has 6 heteroatoms. The molecular weight excluding hydrogens is 423 g/mol. The summed E-state index contributed by atoms with van der Waals surface area (Å²) >= 11 is 0. The van der Waals surface area contributed by atoms with Crippen molar-refractivity contribution in [1.29, 1.82) is 0 Å². The molecule has 0 radical (unpaired) electrons. The maximum Gasteiger partial charge on any atom is 0.416 e. The number of hydrogen-bond acceptors (Lipinski definition) is 3. The van der Waals surface area contributed by atoms with Crippen molar-refractivity contribution in [3.05, 3.63) is 84.1 Å². The summed E-state index contributed by atoms with van der Waals surface area (Å²) < 4.78 is 39.0. The largest absolute Gasteiger partial charge is 0.416 e. The van der Waals surface area contributed by atoms with E-state index in [1.54, 1.807) is 6.20 Å². The minimum absolute atomic E-state index is 0.346. The molecule has 0 aliphatic heterocycles. The molecule has 0 saturated heterocycles. The molecule has 0 aliphatic rings. The van der Waals surface area contributed by atoms with Gasteiger partial charge in [-0.3, -0.25) is 9.88 Å². The van der Waals surface area contributed by atoms with Gasteiger partial charge in [0.25, 0.3) is 0 Å². The fourth-order valence-corrected chi connectivity index (χ4v) is 4.19. The lowest BCUT2D eigenvalue weighted by Gasteiger charge is -2.22. The summed E-state index contributed by atoms with van der Waals surface area (Å²) in [5.74, 6) is 0. The van der Waals surface area contributed by atoms with E-state index in [1.165, 1.54) is 22.4 Å². The van der Waals surface area contributed by atoms with Gasteiger partial charge >= 0.3 is 6.18 Å². The minimum Gasteiger partial charge on any atom is -0.384 e. The highest BCUT2D eigenvalue weighted by Crippen LogP contribution is 2.32. The first kappa shape index (κ1) is 23.1. The lowest BCUT2D eigenvalue weighted by Crippen LogP contribution is -2.26. The van der Waals surface area contributed by atoms with Crippen molar-refractivity contribution < 1.29 is 13.2 Å². The van der Waals surface area contributed by atoms with Crippen LogP contribution in [0.1, 0.15) is 30.9 Å². The Morgan fingerprint density at radius 3 is 2.52 bits per heavy atom. The van der Waals surface area contributed by atoms with Crippen molar-refractivity contribution in [2.45, 2.75) is 32.5 Å². The van der Waals surface area contributed by atoms with E-state index in [9.17, 15) is 13.2 Å². The van der Waals surface area contributed by atoms with Gasteiger partial charge in [0.2, 0.25) is 0 Å². The number of rotatable bonds is 9. The highest BCUT2D eigenvalue weighted by molar-refractivity contribution is 5.91. The van der Waals surface area contributed by atoms with Crippen molar-refractivity contribution in [3.63, 3.8) is 0 Å². The molecule has 0 atom stereocenters. The Bertz CT molecular complexity index is 1220. The van der Waals surface area contributed by atoms with Crippen LogP contribution in [0.4, 0.5) is 18.9 Å². The topological polar surface area (TPSA) is 28.2 Å². The molecule has 3 aromatic carbocycles. The molecule has 0 fully saturated rings. The van der Waals surface area contributed by atoms with Crippen LogP contribution in [0.5, 0.6) is 0 Å². The van der Waals surface area contributed by atoms with Crippen molar-refractivity contribution in [3.8, 4) is 0 Å². The summed E-state index contributed by atoms with van der Waals surface area (Å²) in [4.78, 5) is 6.57. The zero-order chi connectivity index (χ0) is 23.3. The average Bonchev–Trinajstić information content (AvgIpc) is 2.81. The summed E-state index contributed by atoms with van der Waals surface area (Å²) in [7, 11) is 0. The number of nitrogens with zero attached hydrogens (tertiary/aromatic N) is 2. The van der Waals surface area contributed by atoms with Crippen molar-refractivity contribution in [1.82, 2.24) is 9.88 Å². The second-order valence-corrected chi connectivity index (χ2v) is 8.33. The summed E-state index contributed by atoms with van der Waals surface area (Å²) in [6.07, 6.45) is -0.809. The average molecular weight is 452 g/mol. The third-order valence-electron chi connectivity index (χ3n) is 5.80. The molecule has 0 bridgehead atoms. The second kappa shape index (κ2) is 10.2. The fourth-order valence-electron chi connectivity index (χ4n) is 4.19. The van der Waals surface area contributed by atoms with Crippen LogP contribution in [0.25, 0.3) is 21.7 Å². The number of benzene rings is 3. The molecule has 0 unspecified atom stereocenters. The van der Waals surface area contributed by atoms with Gasteiger partial charge < -0.3 is 5.32 Å². The predicted octanol–water partition coefficient (Wildman–Crippen LogP) is 7.12. The number of halogens is 3. The van der Waals surface area contributed by atoms with Gasteiger partial charge in [-0.1, -0.05) is 49.4 Å². The van der Waals surface area contributed by atoms with Crippen LogP contribution in [-0.2, 0) is 12.7 Å². The predicted molar refractivity (Wildman–Crippen MR) is 129 cm³/mol. The van der Waals surface area contributed by atoms with E-state index < -0.39 is 11.7 Å². The summed E-state index contributed by atoms with van der Waals surface area (Å²) in [5, 5.41) is 6.59. The summed E-state index contributed by atoms with van der Waals surface area (Å²) in [6, 6.07) is 20.5. The Hall–Kier alpha value is -3.12. The summed E-state index contributed by atoms with van der Waals surface area (Å²) in [6.45, 7) is 5.78. The van der Waals surface area contributed by atoms with Gasteiger partial charge in [-0.2, -0.15) is 13.2 Å². The molecule has 0 amide bonds. The third kappa shape index (κ3) is 5.82. The van der Waals surface area contributed by atoms with E-state index in [0.29, 0.717) is 10.9 Å². The Kier molecular flexibility index (Phi) is 7.14. The number of alkyl halides is 3. The second-order valence-electron chi connectivity index (χ2n) is 8.33. The fraction of sp³-hybridized carbons (Fsp3) is 0.296. The maximum atomic E-state index is 13.0. The molecule has 1 heterocycles. The van der Waals surface area contributed by atoms with Gasteiger partial charge in [0.1, 0.15) is 0 Å². The number of hydrogen-bond donors (Lipinski definition) is 1. The zero-order valence-electron chi connectivity index (χ0n) is 18.7. The van der Waals surface area contributed by atoms with Crippen LogP contribution in [0.3, 0.4) is 0 Å². The van der Waals surface area contributed by atoms with E-state index >= 15 is 0 Å². The number of nitrogens with one attached hydrogen (secondary N) is 1. The van der Waals surface area contributed by atoms with Crippen LogP contribution in [0.2, 0.25) is 0 Å². The lowest BCUT2D eigenvalue weighted by molar-refractivity contribution is -0.137. The van der Waals surface area contributed by atoms with E-state index in [2.05, 4.69) is 64.6 Å². The molecule has 1 aromatic heterocycles. The van der Waals surface area contributed by atoms with Crippen LogP contribution in [0.15, 0.2) is 72.9 Å². The van der Waals surface area contributed by atoms with Gasteiger partial charge in [0.15, 0.2) is 0 Å². The summed E-state index contributed by atoms with van der Waals surface area (Å²) in [5.41, 5.74) is 1.78. The van der Waals surface area contributed by atoms with Gasteiger partial charge in [0.05, 0.1) is 11.1 Å². The normalized spacial score (nSPS) is 12.0. The van der Waals surface area contributed by atoms with E-state index in [4.69, 9.17) is 0 Å². The molecule has 0 spiro atoms. The molecule has 0 aliphatic carbocycles. The van der Waals surface area contributed by atoms with Gasteiger partial charge in [-0.25, -0.2) is 0 Å². The molecular formula is C27H28F3N3. The Labute approximate surface area is 192 Å². The van der Waals surface area contributed by atoms with Gasteiger partial charge in [-0.15, -0.1) is 0 Å².